The van der Waals surface area contributed by atoms with Crippen molar-refractivity contribution in [1.82, 2.24) is 4.98 Å². The van der Waals surface area contributed by atoms with Gasteiger partial charge in [0.25, 0.3) is 0 Å². The van der Waals surface area contributed by atoms with Crippen molar-refractivity contribution in [3.8, 4) is 0 Å². The zero-order chi connectivity index (χ0) is 12.4. The second-order valence-electron chi connectivity index (χ2n) is 4.88. The first kappa shape index (κ1) is 11.2. The molecule has 1 heteroatoms. The lowest BCUT2D eigenvalue weighted by atomic mass is 9.84. The van der Waals surface area contributed by atoms with E-state index in [1.54, 1.807) is 0 Å². The number of fused-ring (bicyclic) bond motifs is 1. The van der Waals surface area contributed by atoms with Gasteiger partial charge in [-0.2, -0.15) is 0 Å². The van der Waals surface area contributed by atoms with Gasteiger partial charge in [0.2, 0.25) is 0 Å². The van der Waals surface area contributed by atoms with Crippen molar-refractivity contribution in [1.29, 1.82) is 0 Å². The molecule has 1 aromatic heterocycles. The number of allylic oxidation sites excluding steroid dienone is 2. The molecular formula is C17H17N. The van der Waals surface area contributed by atoms with Gasteiger partial charge in [0.05, 0.1) is 0 Å². The summed E-state index contributed by atoms with van der Waals surface area (Å²) in [5.74, 6) is 0. The molecular weight excluding hydrogens is 218 g/mol. The van der Waals surface area contributed by atoms with Crippen LogP contribution >= 0.6 is 0 Å². The molecule has 2 aromatic rings. The van der Waals surface area contributed by atoms with Crippen molar-refractivity contribution >= 4 is 5.57 Å². The summed E-state index contributed by atoms with van der Waals surface area (Å²) in [7, 11) is 0. The molecule has 18 heavy (non-hydrogen) atoms. The van der Waals surface area contributed by atoms with Crippen molar-refractivity contribution < 1.29 is 0 Å². The fourth-order valence-electron chi connectivity index (χ4n) is 2.71. The smallest absolute Gasteiger partial charge is 0.0444 e. The van der Waals surface area contributed by atoms with Crippen LogP contribution in [0.25, 0.3) is 5.57 Å². The predicted octanol–water partition coefficient (Wildman–Crippen LogP) is 4.04. The number of aryl methyl sites for hydroxylation is 1. The van der Waals surface area contributed by atoms with Gasteiger partial charge in [-0.3, -0.25) is 4.98 Å². The molecule has 90 valence electrons. The minimum absolute atomic E-state index is 0.987. The van der Waals surface area contributed by atoms with Gasteiger partial charge >= 0.3 is 0 Å². The molecule has 1 heterocycles. The van der Waals surface area contributed by atoms with Crippen LogP contribution in [0.3, 0.4) is 0 Å². The Bertz CT molecular complexity index is 582. The summed E-state index contributed by atoms with van der Waals surface area (Å²) in [5, 5.41) is 0. The normalized spacial score (nSPS) is 14.5. The molecule has 0 atom stereocenters. The minimum atomic E-state index is 0.987. The first-order chi connectivity index (χ1) is 8.84. The van der Waals surface area contributed by atoms with Crippen LogP contribution in [-0.4, -0.2) is 4.98 Å². The summed E-state index contributed by atoms with van der Waals surface area (Å²) in [6.45, 7) is 2.25. The highest BCUT2D eigenvalue weighted by molar-refractivity contribution is 5.71. The fourth-order valence-corrected chi connectivity index (χ4v) is 2.71. The Kier molecular flexibility index (Phi) is 2.97. The zero-order valence-electron chi connectivity index (χ0n) is 10.7. The minimum Gasteiger partial charge on any atom is -0.261 e. The van der Waals surface area contributed by atoms with E-state index < -0.39 is 0 Å². The van der Waals surface area contributed by atoms with Gasteiger partial charge in [0.15, 0.2) is 0 Å². The molecule has 0 unspecified atom stereocenters. The maximum atomic E-state index is 4.43. The number of hydrogen-bond donors (Lipinski definition) is 0. The average Bonchev–Trinajstić information content (AvgIpc) is 2.43. The van der Waals surface area contributed by atoms with Crippen LogP contribution in [-0.2, 0) is 12.8 Å². The zero-order valence-corrected chi connectivity index (χ0v) is 10.7. The van der Waals surface area contributed by atoms with Gasteiger partial charge in [-0.1, -0.05) is 35.9 Å². The summed E-state index contributed by atoms with van der Waals surface area (Å²) < 4.78 is 0. The lowest BCUT2D eigenvalue weighted by molar-refractivity contribution is 0.864. The van der Waals surface area contributed by atoms with Gasteiger partial charge in [0, 0.05) is 18.3 Å². The van der Waals surface area contributed by atoms with Gasteiger partial charge in [-0.25, -0.2) is 0 Å². The highest BCUT2D eigenvalue weighted by Crippen LogP contribution is 2.32. The average molecular weight is 235 g/mol. The Balaban J connectivity index is 1.94. The standard InChI is InChI=1S/C17H17N/c1-13-15(12-16-7-4-5-11-18-16)10-9-14-6-2-3-8-17(13)14/h2-8,11H,9-10,12H2,1H3. The number of rotatable bonds is 2. The van der Waals surface area contributed by atoms with Crippen molar-refractivity contribution in [2.75, 3.05) is 0 Å². The van der Waals surface area contributed by atoms with E-state index >= 15 is 0 Å². The quantitative estimate of drug-likeness (QED) is 0.765. The lowest BCUT2D eigenvalue weighted by Crippen LogP contribution is -2.06. The van der Waals surface area contributed by atoms with Crippen LogP contribution in [0.1, 0.15) is 30.2 Å². The second-order valence-corrected chi connectivity index (χ2v) is 4.88. The van der Waals surface area contributed by atoms with Crippen LogP contribution in [0.4, 0.5) is 0 Å². The van der Waals surface area contributed by atoms with E-state index in [9.17, 15) is 0 Å². The Morgan fingerprint density at radius 3 is 2.67 bits per heavy atom. The molecule has 3 rings (SSSR count). The van der Waals surface area contributed by atoms with Crippen molar-refractivity contribution in [3.63, 3.8) is 0 Å². The highest BCUT2D eigenvalue weighted by atomic mass is 14.7. The number of nitrogens with zero attached hydrogens (tertiary/aromatic N) is 1. The van der Waals surface area contributed by atoms with Crippen LogP contribution < -0.4 is 0 Å². The van der Waals surface area contributed by atoms with Gasteiger partial charge in [-0.05, 0) is 48.6 Å². The Hall–Kier alpha value is -1.89. The molecule has 1 aromatic carbocycles. The molecule has 1 aliphatic carbocycles. The molecule has 0 fully saturated rings. The van der Waals surface area contributed by atoms with E-state index in [-0.39, 0.29) is 0 Å². The molecule has 0 spiro atoms. The largest absolute Gasteiger partial charge is 0.261 e. The molecule has 0 N–H and O–H groups in total. The Labute approximate surface area is 108 Å². The van der Waals surface area contributed by atoms with E-state index in [1.807, 2.05) is 12.3 Å². The first-order valence-corrected chi connectivity index (χ1v) is 6.51. The van der Waals surface area contributed by atoms with E-state index in [1.165, 1.54) is 34.4 Å². The van der Waals surface area contributed by atoms with Gasteiger partial charge in [-0.15, -0.1) is 0 Å². The van der Waals surface area contributed by atoms with Gasteiger partial charge < -0.3 is 0 Å². The summed E-state index contributed by atoms with van der Waals surface area (Å²) >= 11 is 0. The molecule has 0 radical (unpaired) electrons. The van der Waals surface area contributed by atoms with E-state index in [0.29, 0.717) is 0 Å². The third-order valence-electron chi connectivity index (χ3n) is 3.77. The van der Waals surface area contributed by atoms with Crippen LogP contribution in [0.2, 0.25) is 0 Å². The van der Waals surface area contributed by atoms with E-state index in [4.69, 9.17) is 0 Å². The molecule has 0 saturated carbocycles. The first-order valence-electron chi connectivity index (χ1n) is 6.51. The Morgan fingerprint density at radius 1 is 1.00 bits per heavy atom. The lowest BCUT2D eigenvalue weighted by Gasteiger charge is -2.21. The maximum absolute atomic E-state index is 4.43. The second kappa shape index (κ2) is 4.77. The summed E-state index contributed by atoms with van der Waals surface area (Å²) in [6, 6.07) is 14.9. The number of pyridine rings is 1. The molecule has 0 saturated heterocycles. The third kappa shape index (κ3) is 2.08. The van der Waals surface area contributed by atoms with Crippen LogP contribution in [0.15, 0.2) is 54.2 Å². The van der Waals surface area contributed by atoms with Crippen molar-refractivity contribution in [2.24, 2.45) is 0 Å². The number of benzene rings is 1. The number of aromatic nitrogens is 1. The summed E-state index contributed by atoms with van der Waals surface area (Å²) in [6.07, 6.45) is 5.19. The van der Waals surface area contributed by atoms with Crippen molar-refractivity contribution in [2.45, 2.75) is 26.2 Å². The molecule has 1 nitrogen and oxygen atoms in total. The molecule has 1 aliphatic rings. The van der Waals surface area contributed by atoms with Gasteiger partial charge in [0.1, 0.15) is 0 Å². The predicted molar refractivity (Wildman–Crippen MR) is 75.3 cm³/mol. The fraction of sp³-hybridized carbons (Fsp3) is 0.235. The third-order valence-corrected chi connectivity index (χ3v) is 3.77. The summed E-state index contributed by atoms with van der Waals surface area (Å²) in [5.41, 5.74) is 7.07. The summed E-state index contributed by atoms with van der Waals surface area (Å²) in [4.78, 5) is 4.43. The van der Waals surface area contributed by atoms with E-state index in [0.717, 1.165) is 12.8 Å². The topological polar surface area (TPSA) is 12.9 Å². The maximum Gasteiger partial charge on any atom is 0.0444 e. The van der Waals surface area contributed by atoms with Crippen LogP contribution in [0, 0.1) is 0 Å². The van der Waals surface area contributed by atoms with E-state index in [2.05, 4.69) is 48.3 Å². The number of hydrogen-bond acceptors (Lipinski definition) is 1. The van der Waals surface area contributed by atoms with Crippen molar-refractivity contribution in [3.05, 3.63) is 71.1 Å². The van der Waals surface area contributed by atoms with Crippen LogP contribution in [0.5, 0.6) is 0 Å². The monoisotopic (exact) mass is 235 g/mol. The molecule has 0 amide bonds. The molecule has 0 bridgehead atoms. The molecule has 0 aliphatic heterocycles. The highest BCUT2D eigenvalue weighted by Gasteiger charge is 2.15. The Morgan fingerprint density at radius 2 is 1.83 bits per heavy atom. The SMILES string of the molecule is CC1=C(Cc2ccccn2)CCc2ccccc21.